The van der Waals surface area contributed by atoms with Crippen LogP contribution in [-0.2, 0) is 13.0 Å². The minimum Gasteiger partial charge on any atom is -0.489 e. The Labute approximate surface area is 129 Å². The zero-order valence-corrected chi connectivity index (χ0v) is 12.6. The average Bonchev–Trinajstić information content (AvgIpc) is 2.45. The van der Waals surface area contributed by atoms with Gasteiger partial charge in [-0.1, -0.05) is 41.4 Å². The number of hydrogen-bond donors (Lipinski definition) is 1. The van der Waals surface area contributed by atoms with Gasteiger partial charge in [-0.25, -0.2) is 0 Å². The molecule has 0 atom stereocenters. The fourth-order valence-electron chi connectivity index (χ4n) is 1.95. The van der Waals surface area contributed by atoms with E-state index in [1.807, 2.05) is 42.5 Å². The number of ether oxygens (including phenoxy) is 1. The highest BCUT2D eigenvalue weighted by Gasteiger charge is 2.06. The van der Waals surface area contributed by atoms with Crippen molar-refractivity contribution in [1.82, 2.24) is 0 Å². The maximum absolute atomic E-state index is 6.12. The highest BCUT2D eigenvalue weighted by atomic mass is 35.5. The summed E-state index contributed by atoms with van der Waals surface area (Å²) in [5.74, 6) is 0.836. The van der Waals surface area contributed by atoms with Crippen molar-refractivity contribution in [2.75, 3.05) is 6.54 Å². The molecular weight excluding hydrogens is 293 g/mol. The van der Waals surface area contributed by atoms with Gasteiger partial charge < -0.3 is 10.5 Å². The van der Waals surface area contributed by atoms with E-state index in [9.17, 15) is 0 Å². The van der Waals surface area contributed by atoms with E-state index in [4.69, 9.17) is 33.7 Å². The Morgan fingerprint density at radius 3 is 2.55 bits per heavy atom. The topological polar surface area (TPSA) is 35.2 Å². The van der Waals surface area contributed by atoms with Crippen LogP contribution in [0.4, 0.5) is 0 Å². The standard InChI is InChI=1S/C16H17Cl2NO/c17-14-7-8-16(12(10-14)5-3-9-19)20-11-13-4-1-2-6-15(13)18/h1-2,4,6-8,10H,3,5,9,11,19H2. The number of benzene rings is 2. The van der Waals surface area contributed by atoms with Gasteiger partial charge in [0.15, 0.2) is 0 Å². The Kier molecular flexibility index (Phi) is 5.72. The van der Waals surface area contributed by atoms with Gasteiger partial charge in [0.1, 0.15) is 12.4 Å². The first-order valence-corrected chi connectivity index (χ1v) is 7.31. The first kappa shape index (κ1) is 15.2. The van der Waals surface area contributed by atoms with E-state index in [0.29, 0.717) is 23.2 Å². The van der Waals surface area contributed by atoms with Gasteiger partial charge in [-0.3, -0.25) is 0 Å². The first-order chi connectivity index (χ1) is 9.70. The molecule has 0 bridgehead atoms. The Morgan fingerprint density at radius 1 is 1.00 bits per heavy atom. The number of halogens is 2. The molecule has 2 aromatic carbocycles. The van der Waals surface area contributed by atoms with Gasteiger partial charge in [-0.15, -0.1) is 0 Å². The Bertz CT molecular complexity index is 572. The molecule has 20 heavy (non-hydrogen) atoms. The minimum absolute atomic E-state index is 0.441. The lowest BCUT2D eigenvalue weighted by Gasteiger charge is -2.12. The zero-order valence-electron chi connectivity index (χ0n) is 11.1. The highest BCUT2D eigenvalue weighted by molar-refractivity contribution is 6.31. The third kappa shape index (κ3) is 4.14. The van der Waals surface area contributed by atoms with Crippen molar-refractivity contribution in [3.05, 3.63) is 63.6 Å². The summed E-state index contributed by atoms with van der Waals surface area (Å²) < 4.78 is 5.87. The summed E-state index contributed by atoms with van der Waals surface area (Å²) in [6.45, 7) is 1.09. The molecule has 106 valence electrons. The fourth-order valence-corrected chi connectivity index (χ4v) is 2.33. The molecule has 2 aromatic rings. The summed E-state index contributed by atoms with van der Waals surface area (Å²) in [5, 5.41) is 1.42. The van der Waals surface area contributed by atoms with E-state index in [0.717, 1.165) is 29.7 Å². The fraction of sp³-hybridized carbons (Fsp3) is 0.250. The third-order valence-corrected chi connectivity index (χ3v) is 3.62. The monoisotopic (exact) mass is 309 g/mol. The maximum Gasteiger partial charge on any atom is 0.123 e. The second-order valence-electron chi connectivity index (χ2n) is 4.52. The Balaban J connectivity index is 2.10. The lowest BCUT2D eigenvalue weighted by Crippen LogP contribution is -2.03. The van der Waals surface area contributed by atoms with Gasteiger partial charge in [-0.05, 0) is 49.2 Å². The van der Waals surface area contributed by atoms with E-state index in [1.165, 1.54) is 0 Å². The van der Waals surface area contributed by atoms with Crippen molar-refractivity contribution in [2.45, 2.75) is 19.4 Å². The second-order valence-corrected chi connectivity index (χ2v) is 5.37. The summed E-state index contributed by atoms with van der Waals surface area (Å²) in [6, 6.07) is 13.3. The molecule has 0 aromatic heterocycles. The van der Waals surface area contributed by atoms with E-state index >= 15 is 0 Å². The van der Waals surface area contributed by atoms with Crippen molar-refractivity contribution >= 4 is 23.2 Å². The summed E-state index contributed by atoms with van der Waals surface area (Å²) in [6.07, 6.45) is 1.76. The number of aryl methyl sites for hydroxylation is 1. The molecule has 2 rings (SSSR count). The molecule has 0 fully saturated rings. The van der Waals surface area contributed by atoms with Crippen molar-refractivity contribution in [3.63, 3.8) is 0 Å². The van der Waals surface area contributed by atoms with Crippen LogP contribution in [0.25, 0.3) is 0 Å². The minimum atomic E-state index is 0.441. The first-order valence-electron chi connectivity index (χ1n) is 6.55. The quantitative estimate of drug-likeness (QED) is 0.854. The summed E-state index contributed by atoms with van der Waals surface area (Å²) in [7, 11) is 0. The molecule has 0 heterocycles. The van der Waals surface area contributed by atoms with E-state index in [2.05, 4.69) is 0 Å². The number of nitrogens with two attached hydrogens (primary N) is 1. The van der Waals surface area contributed by atoms with Gasteiger partial charge in [0, 0.05) is 15.6 Å². The highest BCUT2D eigenvalue weighted by Crippen LogP contribution is 2.26. The van der Waals surface area contributed by atoms with Crippen LogP contribution < -0.4 is 10.5 Å². The molecule has 0 aliphatic heterocycles. The molecule has 0 amide bonds. The lowest BCUT2D eigenvalue weighted by molar-refractivity contribution is 0.303. The number of hydrogen-bond acceptors (Lipinski definition) is 2. The van der Waals surface area contributed by atoms with Crippen LogP contribution >= 0.6 is 23.2 Å². The van der Waals surface area contributed by atoms with Crippen LogP contribution in [0, 0.1) is 0 Å². The molecule has 0 aliphatic carbocycles. The van der Waals surface area contributed by atoms with Crippen LogP contribution in [0.15, 0.2) is 42.5 Å². The molecule has 0 spiro atoms. The molecule has 0 saturated heterocycles. The molecular formula is C16H17Cl2NO. The summed E-state index contributed by atoms with van der Waals surface area (Å²) in [4.78, 5) is 0. The van der Waals surface area contributed by atoms with Crippen molar-refractivity contribution < 1.29 is 4.74 Å². The molecule has 0 saturated carbocycles. The van der Waals surface area contributed by atoms with Crippen LogP contribution in [0.3, 0.4) is 0 Å². The molecule has 2 nitrogen and oxygen atoms in total. The van der Waals surface area contributed by atoms with Crippen LogP contribution in [0.2, 0.25) is 10.0 Å². The predicted octanol–water partition coefficient (Wildman–Crippen LogP) is 4.46. The molecule has 2 N–H and O–H groups in total. The number of rotatable bonds is 6. The van der Waals surface area contributed by atoms with E-state index in [1.54, 1.807) is 0 Å². The Hall–Kier alpha value is -1.22. The van der Waals surface area contributed by atoms with Crippen LogP contribution in [-0.4, -0.2) is 6.54 Å². The second kappa shape index (κ2) is 7.53. The summed E-state index contributed by atoms with van der Waals surface area (Å²) >= 11 is 12.2. The maximum atomic E-state index is 6.12. The van der Waals surface area contributed by atoms with Gasteiger partial charge in [0.05, 0.1) is 0 Å². The largest absolute Gasteiger partial charge is 0.489 e. The molecule has 0 aliphatic rings. The molecule has 0 radical (unpaired) electrons. The van der Waals surface area contributed by atoms with Gasteiger partial charge in [0.25, 0.3) is 0 Å². The van der Waals surface area contributed by atoms with Crippen LogP contribution in [0.1, 0.15) is 17.5 Å². The zero-order chi connectivity index (χ0) is 14.4. The third-order valence-electron chi connectivity index (χ3n) is 3.01. The lowest BCUT2D eigenvalue weighted by atomic mass is 10.1. The normalized spacial score (nSPS) is 10.6. The van der Waals surface area contributed by atoms with E-state index in [-0.39, 0.29) is 0 Å². The molecule has 0 unspecified atom stereocenters. The smallest absolute Gasteiger partial charge is 0.123 e. The van der Waals surface area contributed by atoms with E-state index < -0.39 is 0 Å². The van der Waals surface area contributed by atoms with Crippen molar-refractivity contribution in [1.29, 1.82) is 0 Å². The van der Waals surface area contributed by atoms with Crippen molar-refractivity contribution in [2.24, 2.45) is 5.73 Å². The Morgan fingerprint density at radius 2 is 1.80 bits per heavy atom. The van der Waals surface area contributed by atoms with Crippen LogP contribution in [0.5, 0.6) is 5.75 Å². The van der Waals surface area contributed by atoms with Crippen molar-refractivity contribution in [3.8, 4) is 5.75 Å². The summed E-state index contributed by atoms with van der Waals surface area (Å²) in [5.41, 5.74) is 7.60. The van der Waals surface area contributed by atoms with Gasteiger partial charge in [0.2, 0.25) is 0 Å². The predicted molar refractivity (Wildman–Crippen MR) is 84.6 cm³/mol. The van der Waals surface area contributed by atoms with Gasteiger partial charge >= 0.3 is 0 Å². The molecule has 4 heteroatoms. The SMILES string of the molecule is NCCCc1cc(Cl)ccc1OCc1ccccc1Cl. The van der Waals surface area contributed by atoms with Gasteiger partial charge in [-0.2, -0.15) is 0 Å². The average molecular weight is 310 g/mol.